The van der Waals surface area contributed by atoms with Gasteiger partial charge in [0.05, 0.1) is 22.2 Å². The lowest BCUT2D eigenvalue weighted by Gasteiger charge is -2.08. The topological polar surface area (TPSA) is 70.7 Å². The molecule has 0 atom stereocenters. The Labute approximate surface area is 130 Å². The molecule has 0 radical (unpaired) electrons. The molecule has 2 aromatic heterocycles. The van der Waals surface area contributed by atoms with E-state index in [1.807, 2.05) is 6.07 Å². The zero-order valence-corrected chi connectivity index (χ0v) is 12.9. The fourth-order valence-corrected chi connectivity index (χ4v) is 2.79. The number of amides is 1. The highest BCUT2D eigenvalue weighted by Crippen LogP contribution is 2.32. The number of nitriles is 1. The van der Waals surface area contributed by atoms with Gasteiger partial charge >= 0.3 is 0 Å². The molecule has 5 nitrogen and oxygen atoms in total. The van der Waals surface area contributed by atoms with Gasteiger partial charge in [0.15, 0.2) is 0 Å². The van der Waals surface area contributed by atoms with Crippen LogP contribution in [-0.2, 0) is 13.0 Å². The van der Waals surface area contributed by atoms with Gasteiger partial charge in [0, 0.05) is 20.5 Å². The first-order valence-corrected chi connectivity index (χ1v) is 7.32. The van der Waals surface area contributed by atoms with Gasteiger partial charge in [0.25, 0.3) is 11.8 Å². The molecule has 0 saturated carbocycles. The summed E-state index contributed by atoms with van der Waals surface area (Å²) in [7, 11) is 1.46. The van der Waals surface area contributed by atoms with Crippen molar-refractivity contribution >= 4 is 17.2 Å². The van der Waals surface area contributed by atoms with Gasteiger partial charge in [-0.3, -0.25) is 9.48 Å². The maximum absolute atomic E-state index is 13.4. The molecule has 2 aromatic rings. The molecule has 0 aromatic carbocycles. The van der Waals surface area contributed by atoms with Gasteiger partial charge in [-0.05, 0) is 18.2 Å². The van der Waals surface area contributed by atoms with Gasteiger partial charge in [-0.2, -0.15) is 19.1 Å². The summed E-state index contributed by atoms with van der Waals surface area (Å²) in [5, 5.41) is 15.1. The van der Waals surface area contributed by atoms with Crippen molar-refractivity contribution in [3.8, 4) is 16.6 Å². The van der Waals surface area contributed by atoms with E-state index in [0.717, 1.165) is 11.6 Å². The quantitative estimate of drug-likeness (QED) is 0.860. The highest BCUT2D eigenvalue weighted by molar-refractivity contribution is 7.17. The predicted octanol–water partition coefficient (Wildman–Crippen LogP) is 2.90. The van der Waals surface area contributed by atoms with E-state index < -0.39 is 5.92 Å². The summed E-state index contributed by atoms with van der Waals surface area (Å²) >= 11 is 1.17. The number of carbonyl (C=O) groups excluding carboxylic acids is 1. The molecule has 1 N–H and O–H groups in total. The van der Waals surface area contributed by atoms with E-state index in [1.54, 1.807) is 12.1 Å². The monoisotopic (exact) mass is 324 g/mol. The number of nitrogens with one attached hydrogen (secondary N) is 1. The van der Waals surface area contributed by atoms with Crippen LogP contribution in [0.5, 0.6) is 0 Å². The van der Waals surface area contributed by atoms with Crippen molar-refractivity contribution in [2.45, 2.75) is 19.3 Å². The minimum atomic E-state index is -2.98. The van der Waals surface area contributed by atoms with Crippen LogP contribution in [0.25, 0.3) is 10.6 Å². The Hall–Kier alpha value is -2.27. The van der Waals surface area contributed by atoms with Crippen molar-refractivity contribution in [3.63, 3.8) is 0 Å². The van der Waals surface area contributed by atoms with E-state index in [1.165, 1.54) is 24.5 Å². The molecule has 0 bridgehead atoms. The first-order chi connectivity index (χ1) is 10.3. The maximum atomic E-state index is 13.4. The Morgan fingerprint density at radius 3 is 2.86 bits per heavy atom. The number of hydrogen-bond acceptors (Lipinski definition) is 4. The van der Waals surface area contributed by atoms with Gasteiger partial charge in [0.1, 0.15) is 11.4 Å². The minimum absolute atomic E-state index is 0.184. The van der Waals surface area contributed by atoms with Crippen LogP contribution in [0.3, 0.4) is 0 Å². The number of halogens is 2. The highest BCUT2D eigenvalue weighted by atomic mass is 32.1. The van der Waals surface area contributed by atoms with Crippen LogP contribution in [0.15, 0.2) is 18.2 Å². The summed E-state index contributed by atoms with van der Waals surface area (Å²) in [4.78, 5) is 12.9. The number of hydrogen-bond donors (Lipinski definition) is 1. The van der Waals surface area contributed by atoms with Gasteiger partial charge in [0.2, 0.25) is 0 Å². The second-order valence-electron chi connectivity index (χ2n) is 4.75. The summed E-state index contributed by atoms with van der Waals surface area (Å²) in [6, 6.07) is 6.54. The Balaban J connectivity index is 2.19. The van der Waals surface area contributed by atoms with E-state index in [9.17, 15) is 13.6 Å². The predicted molar refractivity (Wildman–Crippen MR) is 78.7 cm³/mol. The standard InChI is InChI=1S/C14H14F2N4OS/c1-14(15,16)12-8-9(19-20(12)2)10-4-5-11(22-10)13(21)18-7-3-6-17/h4-5,8H,3,7H2,1-2H3,(H,18,21). The van der Waals surface area contributed by atoms with Crippen molar-refractivity contribution in [2.75, 3.05) is 6.54 Å². The molecule has 1 amide bonds. The van der Waals surface area contributed by atoms with Crippen molar-refractivity contribution in [3.05, 3.63) is 28.8 Å². The molecular weight excluding hydrogens is 310 g/mol. The third-order valence-corrected chi connectivity index (χ3v) is 4.04. The number of alkyl halides is 2. The largest absolute Gasteiger partial charge is 0.350 e. The van der Waals surface area contributed by atoms with E-state index in [0.29, 0.717) is 15.4 Å². The molecule has 0 spiro atoms. The van der Waals surface area contributed by atoms with Gasteiger partial charge in [-0.1, -0.05) is 0 Å². The van der Waals surface area contributed by atoms with Crippen molar-refractivity contribution in [2.24, 2.45) is 7.05 Å². The van der Waals surface area contributed by atoms with Crippen LogP contribution in [0.4, 0.5) is 8.78 Å². The zero-order valence-electron chi connectivity index (χ0n) is 12.1. The van der Waals surface area contributed by atoms with Crippen LogP contribution < -0.4 is 5.32 Å². The summed E-state index contributed by atoms with van der Waals surface area (Å²) in [5.41, 5.74) is 0.219. The molecule has 0 saturated heterocycles. The first kappa shape index (κ1) is 16.1. The summed E-state index contributed by atoms with van der Waals surface area (Å²) < 4.78 is 27.9. The molecule has 8 heteroatoms. The molecule has 0 aliphatic carbocycles. The lowest BCUT2D eigenvalue weighted by atomic mass is 10.2. The van der Waals surface area contributed by atoms with E-state index in [2.05, 4.69) is 10.4 Å². The van der Waals surface area contributed by atoms with E-state index in [-0.39, 0.29) is 24.6 Å². The van der Waals surface area contributed by atoms with Crippen LogP contribution in [-0.4, -0.2) is 22.2 Å². The Bertz CT molecular complexity index is 724. The molecule has 0 fully saturated rings. The minimum Gasteiger partial charge on any atom is -0.350 e. The van der Waals surface area contributed by atoms with Crippen LogP contribution in [0.2, 0.25) is 0 Å². The molecular formula is C14H14F2N4OS. The van der Waals surface area contributed by atoms with Crippen LogP contribution in [0.1, 0.15) is 28.7 Å². The van der Waals surface area contributed by atoms with E-state index in [4.69, 9.17) is 5.26 Å². The zero-order chi connectivity index (χ0) is 16.3. The number of carbonyl (C=O) groups is 1. The fraction of sp³-hybridized carbons (Fsp3) is 0.357. The van der Waals surface area contributed by atoms with Crippen molar-refractivity contribution in [1.82, 2.24) is 15.1 Å². The highest BCUT2D eigenvalue weighted by Gasteiger charge is 2.29. The third kappa shape index (κ3) is 3.49. The number of thiophene rings is 1. The maximum Gasteiger partial charge on any atom is 0.286 e. The summed E-state index contributed by atoms with van der Waals surface area (Å²) in [5.74, 6) is -3.27. The van der Waals surface area contributed by atoms with Crippen molar-refractivity contribution < 1.29 is 13.6 Å². The number of nitrogens with zero attached hydrogens (tertiary/aromatic N) is 3. The summed E-state index contributed by atoms with van der Waals surface area (Å²) in [6.45, 7) is 1.09. The lowest BCUT2D eigenvalue weighted by Crippen LogP contribution is -2.23. The van der Waals surface area contributed by atoms with Gasteiger partial charge < -0.3 is 5.32 Å². The SMILES string of the molecule is Cn1nc(-c2ccc(C(=O)NCCC#N)s2)cc1C(C)(F)F. The molecule has 22 heavy (non-hydrogen) atoms. The second kappa shape index (κ2) is 6.23. The molecule has 0 unspecified atom stereocenters. The molecule has 0 aliphatic heterocycles. The van der Waals surface area contributed by atoms with Crippen LogP contribution >= 0.6 is 11.3 Å². The van der Waals surface area contributed by atoms with E-state index >= 15 is 0 Å². The third-order valence-electron chi connectivity index (χ3n) is 2.93. The Morgan fingerprint density at radius 2 is 2.27 bits per heavy atom. The van der Waals surface area contributed by atoms with Crippen molar-refractivity contribution in [1.29, 1.82) is 5.26 Å². The first-order valence-electron chi connectivity index (χ1n) is 6.50. The van der Waals surface area contributed by atoms with Gasteiger partial charge in [-0.15, -0.1) is 11.3 Å². The average molecular weight is 324 g/mol. The fourth-order valence-electron chi connectivity index (χ4n) is 1.92. The normalized spacial score (nSPS) is 11.2. The number of aryl methyl sites for hydroxylation is 1. The smallest absolute Gasteiger partial charge is 0.286 e. The van der Waals surface area contributed by atoms with Gasteiger partial charge in [-0.25, -0.2) is 0 Å². The van der Waals surface area contributed by atoms with Crippen LogP contribution in [0, 0.1) is 11.3 Å². The summed E-state index contributed by atoms with van der Waals surface area (Å²) in [6.07, 6.45) is 0.235. The molecule has 116 valence electrons. The number of aromatic nitrogens is 2. The molecule has 2 heterocycles. The lowest BCUT2D eigenvalue weighted by molar-refractivity contribution is 0.00882. The Morgan fingerprint density at radius 1 is 1.55 bits per heavy atom. The molecule has 2 rings (SSSR count). The second-order valence-corrected chi connectivity index (χ2v) is 5.84. The Kier molecular flexibility index (Phi) is 4.56. The average Bonchev–Trinajstić information content (AvgIpc) is 3.04. The molecule has 0 aliphatic rings. The number of rotatable bonds is 5.